The number of carbonyl (C=O) groups excluding carboxylic acids is 1. The number of anilines is 2. The van der Waals surface area contributed by atoms with Crippen LogP contribution in [0.2, 0.25) is 0 Å². The first kappa shape index (κ1) is 17.7. The van der Waals surface area contributed by atoms with Crippen molar-refractivity contribution < 1.29 is 26.4 Å². The molecule has 3 rings (SSSR count). The number of halogens is 3. The predicted octanol–water partition coefficient (Wildman–Crippen LogP) is 2.74. The number of fused-ring (bicyclic) bond motifs is 1. The van der Waals surface area contributed by atoms with Crippen LogP contribution in [0.4, 0.5) is 24.0 Å². The number of rotatable bonds is 3. The van der Waals surface area contributed by atoms with Crippen LogP contribution in [0.15, 0.2) is 23.6 Å². The molecule has 1 amide bonds. The van der Waals surface area contributed by atoms with Gasteiger partial charge in [-0.3, -0.25) is 14.4 Å². The van der Waals surface area contributed by atoms with Crippen LogP contribution in [-0.2, 0) is 22.6 Å². The first-order chi connectivity index (χ1) is 11.6. The molecule has 6 nitrogen and oxygen atoms in total. The Hall–Kier alpha value is -2.14. The molecule has 1 N–H and O–H groups in total. The third-order valence-corrected chi connectivity index (χ3v) is 5.55. The van der Waals surface area contributed by atoms with Gasteiger partial charge in [0.2, 0.25) is 10.0 Å². The standard InChI is InChI=1S/C14H12F3N3O3S2/c1-25(22,23)20-5-4-8-6-9(2-3-10(8)20)12(21)19-13-18-11(7-24-13)14(15,16)17/h2-3,6-7H,4-5H2,1H3,(H,18,19,21). The molecule has 2 aromatic rings. The number of benzene rings is 1. The summed E-state index contributed by atoms with van der Waals surface area (Å²) in [6.45, 7) is 0.292. The highest BCUT2D eigenvalue weighted by molar-refractivity contribution is 7.92. The fraction of sp³-hybridized carbons (Fsp3) is 0.286. The lowest BCUT2D eigenvalue weighted by atomic mass is 10.1. The molecule has 0 saturated heterocycles. The summed E-state index contributed by atoms with van der Waals surface area (Å²) in [4.78, 5) is 15.5. The van der Waals surface area contributed by atoms with E-state index in [4.69, 9.17) is 0 Å². The molecule has 25 heavy (non-hydrogen) atoms. The molecule has 0 fully saturated rings. The fourth-order valence-electron chi connectivity index (χ4n) is 2.49. The highest BCUT2D eigenvalue weighted by atomic mass is 32.2. The Kier molecular flexibility index (Phi) is 4.23. The molecule has 2 heterocycles. The van der Waals surface area contributed by atoms with Gasteiger partial charge in [-0.1, -0.05) is 0 Å². The van der Waals surface area contributed by atoms with Crippen LogP contribution in [-0.4, -0.2) is 32.1 Å². The number of hydrogen-bond acceptors (Lipinski definition) is 5. The lowest BCUT2D eigenvalue weighted by Gasteiger charge is -2.16. The highest BCUT2D eigenvalue weighted by Gasteiger charge is 2.34. The van der Waals surface area contributed by atoms with E-state index in [0.717, 1.165) is 11.6 Å². The molecule has 134 valence electrons. The maximum atomic E-state index is 12.5. The summed E-state index contributed by atoms with van der Waals surface area (Å²) < 4.78 is 62.2. The van der Waals surface area contributed by atoms with Crippen molar-refractivity contribution in [3.05, 3.63) is 40.4 Å². The van der Waals surface area contributed by atoms with Crippen molar-refractivity contribution in [2.45, 2.75) is 12.6 Å². The number of nitrogens with one attached hydrogen (secondary N) is 1. The number of alkyl halides is 3. The van der Waals surface area contributed by atoms with Crippen LogP contribution in [0, 0.1) is 0 Å². The summed E-state index contributed by atoms with van der Waals surface area (Å²) in [5, 5.41) is 2.98. The number of thiazole rings is 1. The number of carbonyl (C=O) groups is 1. The second-order valence-electron chi connectivity index (χ2n) is 5.42. The summed E-state index contributed by atoms with van der Waals surface area (Å²) in [7, 11) is -3.39. The van der Waals surface area contributed by atoms with Crippen molar-refractivity contribution in [3.63, 3.8) is 0 Å². The molecular formula is C14H12F3N3O3S2. The van der Waals surface area contributed by atoms with E-state index in [-0.39, 0.29) is 10.7 Å². The molecule has 1 aromatic heterocycles. The molecule has 1 aromatic carbocycles. The maximum absolute atomic E-state index is 12.5. The summed E-state index contributed by atoms with van der Waals surface area (Å²) in [6.07, 6.45) is -3.01. The van der Waals surface area contributed by atoms with E-state index in [1.54, 1.807) is 0 Å². The minimum absolute atomic E-state index is 0.157. The second-order valence-corrected chi connectivity index (χ2v) is 8.18. The van der Waals surface area contributed by atoms with E-state index in [9.17, 15) is 26.4 Å². The van der Waals surface area contributed by atoms with Crippen molar-refractivity contribution in [1.82, 2.24) is 4.98 Å². The van der Waals surface area contributed by atoms with Gasteiger partial charge in [-0.25, -0.2) is 13.4 Å². The van der Waals surface area contributed by atoms with Gasteiger partial charge in [-0.05, 0) is 30.2 Å². The maximum Gasteiger partial charge on any atom is 0.434 e. The number of nitrogens with zero attached hydrogens (tertiary/aromatic N) is 2. The summed E-state index contributed by atoms with van der Waals surface area (Å²) in [5.41, 5.74) is 0.351. The number of amides is 1. The summed E-state index contributed by atoms with van der Waals surface area (Å²) in [5.74, 6) is -0.608. The van der Waals surface area contributed by atoms with Gasteiger partial charge in [0.05, 0.1) is 11.9 Å². The normalized spacial score (nSPS) is 14.5. The Morgan fingerprint density at radius 2 is 2.08 bits per heavy atom. The summed E-state index contributed by atoms with van der Waals surface area (Å²) >= 11 is 0.678. The largest absolute Gasteiger partial charge is 0.434 e. The van der Waals surface area contributed by atoms with Crippen LogP contribution in [0.3, 0.4) is 0 Å². The van der Waals surface area contributed by atoms with E-state index in [2.05, 4.69) is 10.3 Å². The summed E-state index contributed by atoms with van der Waals surface area (Å²) in [6, 6.07) is 4.48. The average Bonchev–Trinajstić information content (AvgIpc) is 3.11. The van der Waals surface area contributed by atoms with Crippen LogP contribution in [0.1, 0.15) is 21.6 Å². The van der Waals surface area contributed by atoms with E-state index < -0.39 is 27.8 Å². The molecule has 0 spiro atoms. The molecule has 1 aliphatic heterocycles. The van der Waals surface area contributed by atoms with Crippen LogP contribution < -0.4 is 9.62 Å². The van der Waals surface area contributed by atoms with Crippen molar-refractivity contribution in [2.75, 3.05) is 22.4 Å². The fourth-order valence-corrected chi connectivity index (χ4v) is 4.16. The second kappa shape index (κ2) is 5.99. The van der Waals surface area contributed by atoms with E-state index in [1.807, 2.05) is 0 Å². The quantitative estimate of drug-likeness (QED) is 0.873. The predicted molar refractivity (Wildman–Crippen MR) is 87.4 cm³/mol. The van der Waals surface area contributed by atoms with Crippen molar-refractivity contribution in [2.24, 2.45) is 0 Å². The van der Waals surface area contributed by atoms with Crippen LogP contribution in [0.5, 0.6) is 0 Å². The van der Waals surface area contributed by atoms with Gasteiger partial charge in [0.25, 0.3) is 5.91 Å². The number of hydrogen-bond donors (Lipinski definition) is 1. The molecule has 0 atom stereocenters. The molecule has 0 radical (unpaired) electrons. The number of aromatic nitrogens is 1. The third kappa shape index (κ3) is 3.61. The molecule has 0 saturated carbocycles. The first-order valence-corrected chi connectivity index (χ1v) is 9.73. The molecule has 0 bridgehead atoms. The van der Waals surface area contributed by atoms with Gasteiger partial charge < -0.3 is 0 Å². The van der Waals surface area contributed by atoms with Gasteiger partial charge >= 0.3 is 6.18 Å². The smallest absolute Gasteiger partial charge is 0.298 e. The zero-order valence-corrected chi connectivity index (χ0v) is 14.4. The van der Waals surface area contributed by atoms with E-state index >= 15 is 0 Å². The van der Waals surface area contributed by atoms with Gasteiger partial charge in [0.1, 0.15) is 0 Å². The van der Waals surface area contributed by atoms with Crippen molar-refractivity contribution >= 4 is 38.1 Å². The monoisotopic (exact) mass is 391 g/mol. The Labute approximate surface area is 145 Å². The minimum Gasteiger partial charge on any atom is -0.298 e. The lowest BCUT2D eigenvalue weighted by molar-refractivity contribution is -0.140. The zero-order chi connectivity index (χ0) is 18.4. The third-order valence-electron chi connectivity index (χ3n) is 3.61. The molecule has 1 aliphatic rings. The minimum atomic E-state index is -4.57. The van der Waals surface area contributed by atoms with Crippen LogP contribution >= 0.6 is 11.3 Å². The Balaban J connectivity index is 1.79. The Morgan fingerprint density at radius 3 is 2.68 bits per heavy atom. The van der Waals surface area contributed by atoms with Gasteiger partial charge in [0.15, 0.2) is 10.8 Å². The SMILES string of the molecule is CS(=O)(=O)N1CCc2cc(C(=O)Nc3nc(C(F)(F)F)cs3)ccc21. The molecule has 0 unspecified atom stereocenters. The molecule has 11 heteroatoms. The van der Waals surface area contributed by atoms with Gasteiger partial charge in [-0.2, -0.15) is 13.2 Å². The Bertz CT molecular complexity index is 938. The lowest BCUT2D eigenvalue weighted by Crippen LogP contribution is -2.27. The highest BCUT2D eigenvalue weighted by Crippen LogP contribution is 2.33. The molecule has 0 aliphatic carbocycles. The molecular weight excluding hydrogens is 379 g/mol. The number of sulfonamides is 1. The average molecular weight is 391 g/mol. The van der Waals surface area contributed by atoms with E-state index in [0.29, 0.717) is 35.6 Å². The van der Waals surface area contributed by atoms with Crippen LogP contribution in [0.25, 0.3) is 0 Å². The van der Waals surface area contributed by atoms with E-state index in [1.165, 1.54) is 22.5 Å². The van der Waals surface area contributed by atoms with Crippen molar-refractivity contribution in [1.29, 1.82) is 0 Å². The Morgan fingerprint density at radius 1 is 1.36 bits per heavy atom. The topological polar surface area (TPSA) is 79.4 Å². The van der Waals surface area contributed by atoms with Gasteiger partial charge in [-0.15, -0.1) is 11.3 Å². The van der Waals surface area contributed by atoms with Crippen molar-refractivity contribution in [3.8, 4) is 0 Å². The zero-order valence-electron chi connectivity index (χ0n) is 12.8. The first-order valence-electron chi connectivity index (χ1n) is 7.00. The van der Waals surface area contributed by atoms with Gasteiger partial charge in [0, 0.05) is 17.5 Å².